The third kappa shape index (κ3) is 1.76. The summed E-state index contributed by atoms with van der Waals surface area (Å²) >= 11 is 11.6. The summed E-state index contributed by atoms with van der Waals surface area (Å²) in [5, 5.41) is 0.655. The van der Waals surface area contributed by atoms with E-state index >= 15 is 0 Å². The Morgan fingerprint density at radius 2 is 1.76 bits per heavy atom. The average Bonchev–Trinajstić information content (AvgIpc) is 2.98. The fourth-order valence-electron chi connectivity index (χ4n) is 1.63. The van der Waals surface area contributed by atoms with Gasteiger partial charge in [0.05, 0.1) is 10.0 Å². The summed E-state index contributed by atoms with van der Waals surface area (Å²) < 4.78 is 5.06. The molecule has 0 saturated carbocycles. The predicted molar refractivity (Wildman–Crippen MR) is 61.4 cm³/mol. The van der Waals surface area contributed by atoms with Crippen LogP contribution in [0.25, 0.3) is 0 Å². The van der Waals surface area contributed by atoms with Crippen LogP contribution in [0.2, 0.25) is 10.0 Å². The molecular weight excluding hydrogens is 267 g/mol. The van der Waals surface area contributed by atoms with E-state index in [1.54, 1.807) is 6.07 Å². The van der Waals surface area contributed by atoms with Crippen molar-refractivity contribution in [1.29, 1.82) is 0 Å². The maximum atomic E-state index is 11.2. The zero-order valence-corrected chi connectivity index (χ0v) is 9.96. The minimum Gasteiger partial charge on any atom is -0.367 e. The normalized spacial score (nSPS) is 20.9. The number of carbonyl (C=O) groups excluding carboxylic acids is 2. The van der Waals surface area contributed by atoms with Gasteiger partial charge in [-0.2, -0.15) is 0 Å². The van der Waals surface area contributed by atoms with E-state index in [9.17, 15) is 9.59 Å². The highest BCUT2D eigenvalue weighted by atomic mass is 35.5. The summed E-state index contributed by atoms with van der Waals surface area (Å²) in [6.07, 6.45) is -0.799. The van der Waals surface area contributed by atoms with E-state index in [1.165, 1.54) is 12.1 Å². The first kappa shape index (κ1) is 12.2. The molecule has 1 aromatic rings. The number of hydrogen-bond acceptors (Lipinski definition) is 3. The van der Waals surface area contributed by atoms with Gasteiger partial charge < -0.3 is 16.2 Å². The third-order valence-electron chi connectivity index (χ3n) is 2.59. The molecule has 5 nitrogen and oxygen atoms in total. The number of hydrogen-bond donors (Lipinski definition) is 2. The molecule has 90 valence electrons. The summed E-state index contributed by atoms with van der Waals surface area (Å²) in [7, 11) is 0. The molecule has 1 aromatic carbocycles. The first-order valence-electron chi connectivity index (χ1n) is 4.62. The van der Waals surface area contributed by atoms with E-state index in [0.717, 1.165) is 0 Å². The Morgan fingerprint density at radius 3 is 2.18 bits per heavy atom. The molecule has 0 aromatic heterocycles. The molecule has 17 heavy (non-hydrogen) atoms. The van der Waals surface area contributed by atoms with E-state index in [0.29, 0.717) is 15.6 Å². The molecule has 1 heterocycles. The average molecular weight is 275 g/mol. The Kier molecular flexibility index (Phi) is 2.77. The highest BCUT2D eigenvalue weighted by molar-refractivity contribution is 6.42. The van der Waals surface area contributed by atoms with E-state index in [4.69, 9.17) is 39.4 Å². The van der Waals surface area contributed by atoms with Crippen molar-refractivity contribution in [3.05, 3.63) is 33.8 Å². The Labute approximate surface area is 107 Å². The number of rotatable bonds is 3. The van der Waals surface area contributed by atoms with Crippen molar-refractivity contribution in [3.8, 4) is 0 Å². The molecule has 0 radical (unpaired) electrons. The van der Waals surface area contributed by atoms with Crippen molar-refractivity contribution in [2.75, 3.05) is 0 Å². The predicted octanol–water partition coefficient (Wildman–Crippen LogP) is 0.774. The smallest absolute Gasteiger partial charge is 0.262 e. The Balaban J connectivity index is 2.35. The summed E-state index contributed by atoms with van der Waals surface area (Å²) in [6.45, 7) is 0. The van der Waals surface area contributed by atoms with Crippen LogP contribution in [0.4, 0.5) is 0 Å². The van der Waals surface area contributed by atoms with E-state index in [-0.39, 0.29) is 0 Å². The molecular formula is C10H8Cl2N2O3. The number of ether oxygens (including phenoxy) is 1. The number of epoxide rings is 1. The number of carbonyl (C=O) groups is 2. The van der Waals surface area contributed by atoms with Crippen LogP contribution in [0.15, 0.2) is 18.2 Å². The van der Waals surface area contributed by atoms with E-state index in [2.05, 4.69) is 0 Å². The lowest BCUT2D eigenvalue weighted by molar-refractivity contribution is -0.133. The Hall–Kier alpha value is -1.30. The van der Waals surface area contributed by atoms with Crippen LogP contribution in [0.5, 0.6) is 0 Å². The standard InChI is InChI=1S/C10H8Cl2N2O3/c11-5-2-1-4(3-6(5)12)7-10(17-7,8(13)15)9(14)16/h1-3,7H,(H2,13,15)(H2,14,16)/t7-/m0/s1. The van der Waals surface area contributed by atoms with Gasteiger partial charge in [-0.1, -0.05) is 29.3 Å². The van der Waals surface area contributed by atoms with Gasteiger partial charge in [0.1, 0.15) is 6.10 Å². The number of benzene rings is 1. The highest BCUT2D eigenvalue weighted by Crippen LogP contribution is 2.50. The van der Waals surface area contributed by atoms with Crippen molar-refractivity contribution < 1.29 is 14.3 Å². The fourth-order valence-corrected chi connectivity index (χ4v) is 1.93. The van der Waals surface area contributed by atoms with Crippen molar-refractivity contribution in [2.24, 2.45) is 11.5 Å². The Bertz CT molecular complexity index is 504. The maximum absolute atomic E-state index is 11.2. The minimum absolute atomic E-state index is 0.294. The lowest BCUT2D eigenvalue weighted by atomic mass is 9.98. The van der Waals surface area contributed by atoms with Gasteiger partial charge in [0.2, 0.25) is 0 Å². The van der Waals surface area contributed by atoms with Crippen LogP contribution in [0.1, 0.15) is 11.7 Å². The van der Waals surface area contributed by atoms with Crippen molar-refractivity contribution in [2.45, 2.75) is 11.7 Å². The second-order valence-electron chi connectivity index (χ2n) is 3.64. The van der Waals surface area contributed by atoms with Gasteiger partial charge in [-0.05, 0) is 17.7 Å². The minimum atomic E-state index is -1.77. The summed E-state index contributed by atoms with van der Waals surface area (Å²) in [5.74, 6) is -1.83. The summed E-state index contributed by atoms with van der Waals surface area (Å²) in [4.78, 5) is 22.4. The number of primary amides is 2. The van der Waals surface area contributed by atoms with Gasteiger partial charge in [-0.15, -0.1) is 0 Å². The Morgan fingerprint density at radius 1 is 1.18 bits per heavy atom. The summed E-state index contributed by atoms with van der Waals surface area (Å²) in [5.41, 5.74) is 8.97. The molecule has 1 aliphatic heterocycles. The molecule has 1 atom stereocenters. The van der Waals surface area contributed by atoms with Crippen LogP contribution >= 0.6 is 23.2 Å². The zero-order valence-electron chi connectivity index (χ0n) is 8.44. The number of amides is 2. The first-order valence-corrected chi connectivity index (χ1v) is 5.37. The molecule has 1 fully saturated rings. The maximum Gasteiger partial charge on any atom is 0.262 e. The second-order valence-corrected chi connectivity index (χ2v) is 4.45. The van der Waals surface area contributed by atoms with Gasteiger partial charge in [0.25, 0.3) is 17.4 Å². The SMILES string of the molecule is NC(=O)C1(C(N)=O)O[C@H]1c1ccc(Cl)c(Cl)c1. The van der Waals surface area contributed by atoms with Crippen LogP contribution in [0, 0.1) is 0 Å². The lowest BCUT2D eigenvalue weighted by Crippen LogP contribution is -2.44. The zero-order chi connectivity index (χ0) is 12.8. The van der Waals surface area contributed by atoms with Crippen molar-refractivity contribution in [1.82, 2.24) is 0 Å². The molecule has 7 heteroatoms. The monoisotopic (exact) mass is 274 g/mol. The van der Waals surface area contributed by atoms with E-state index in [1.807, 2.05) is 0 Å². The van der Waals surface area contributed by atoms with Crippen LogP contribution in [-0.2, 0) is 14.3 Å². The highest BCUT2D eigenvalue weighted by Gasteiger charge is 2.67. The molecule has 4 N–H and O–H groups in total. The molecule has 0 unspecified atom stereocenters. The first-order chi connectivity index (χ1) is 7.89. The number of nitrogens with two attached hydrogens (primary N) is 2. The van der Waals surface area contributed by atoms with Gasteiger partial charge in [0.15, 0.2) is 0 Å². The molecule has 1 aliphatic rings. The lowest BCUT2D eigenvalue weighted by Gasteiger charge is -2.04. The van der Waals surface area contributed by atoms with Crippen LogP contribution in [0.3, 0.4) is 0 Å². The number of halogens is 2. The van der Waals surface area contributed by atoms with Crippen LogP contribution in [-0.4, -0.2) is 17.4 Å². The van der Waals surface area contributed by atoms with Crippen LogP contribution < -0.4 is 11.5 Å². The van der Waals surface area contributed by atoms with Crippen molar-refractivity contribution in [3.63, 3.8) is 0 Å². The second kappa shape index (κ2) is 3.87. The van der Waals surface area contributed by atoms with E-state index < -0.39 is 23.5 Å². The molecule has 0 aliphatic carbocycles. The molecule has 2 rings (SSSR count). The quantitative estimate of drug-likeness (QED) is 0.629. The largest absolute Gasteiger partial charge is 0.367 e. The molecule has 1 saturated heterocycles. The summed E-state index contributed by atoms with van der Waals surface area (Å²) in [6, 6.07) is 4.63. The van der Waals surface area contributed by atoms with Crippen molar-refractivity contribution >= 4 is 35.0 Å². The van der Waals surface area contributed by atoms with Gasteiger partial charge >= 0.3 is 0 Å². The molecule has 0 bridgehead atoms. The topological polar surface area (TPSA) is 98.7 Å². The molecule has 0 spiro atoms. The third-order valence-corrected chi connectivity index (χ3v) is 3.33. The van der Waals surface area contributed by atoms with Gasteiger partial charge in [0, 0.05) is 0 Å². The fraction of sp³-hybridized carbons (Fsp3) is 0.200. The molecule has 2 amide bonds. The van der Waals surface area contributed by atoms with Gasteiger partial charge in [-0.3, -0.25) is 9.59 Å². The van der Waals surface area contributed by atoms with Gasteiger partial charge in [-0.25, -0.2) is 0 Å².